The van der Waals surface area contributed by atoms with E-state index < -0.39 is 37.1 Å². The number of ether oxygens (including phenoxy) is 1. The molecule has 8 heteroatoms. The van der Waals surface area contributed by atoms with Crippen molar-refractivity contribution < 1.29 is 39.9 Å². The summed E-state index contributed by atoms with van der Waals surface area (Å²) >= 11 is 0. The van der Waals surface area contributed by atoms with Crippen molar-refractivity contribution in [1.29, 1.82) is 0 Å². The molecule has 1 rings (SSSR count). The third-order valence-corrected chi connectivity index (χ3v) is 4.82. The molecule has 23 heavy (non-hydrogen) atoms. The Balaban J connectivity index is 3.10. The van der Waals surface area contributed by atoms with Crippen LogP contribution in [0.2, 0.25) is 0 Å². The first-order valence-electron chi connectivity index (χ1n) is 8.01. The van der Waals surface area contributed by atoms with Crippen molar-refractivity contribution in [3.63, 3.8) is 0 Å². The summed E-state index contributed by atoms with van der Waals surface area (Å²) in [6.07, 6.45) is -2.02. The Morgan fingerprint density at radius 3 is 1.74 bits per heavy atom. The highest BCUT2D eigenvalue weighted by Crippen LogP contribution is 2.39. The molecule has 0 saturated carbocycles. The van der Waals surface area contributed by atoms with Crippen LogP contribution in [0, 0.1) is 0 Å². The molecule has 0 amide bonds. The minimum atomic E-state index is -0.983. The SMILES string of the molecule is C[N+](C)(CC(O)CO)C(CC(O)CO)(CC(O)CO)CC1CO1. The van der Waals surface area contributed by atoms with E-state index in [2.05, 4.69) is 0 Å². The van der Waals surface area contributed by atoms with Gasteiger partial charge >= 0.3 is 0 Å². The van der Waals surface area contributed by atoms with E-state index in [9.17, 15) is 25.5 Å². The van der Waals surface area contributed by atoms with Crippen molar-refractivity contribution in [3.05, 3.63) is 0 Å². The molecule has 0 radical (unpaired) electrons. The number of epoxide rings is 1. The maximum atomic E-state index is 10.0. The Morgan fingerprint density at radius 2 is 1.39 bits per heavy atom. The van der Waals surface area contributed by atoms with Gasteiger partial charge in [0.1, 0.15) is 18.2 Å². The van der Waals surface area contributed by atoms with E-state index in [-0.39, 0.29) is 36.6 Å². The van der Waals surface area contributed by atoms with Crippen LogP contribution < -0.4 is 0 Å². The zero-order valence-electron chi connectivity index (χ0n) is 14.0. The topological polar surface area (TPSA) is 134 Å². The molecule has 0 aliphatic carbocycles. The first kappa shape index (κ1) is 20.7. The Kier molecular flexibility index (Phi) is 7.82. The monoisotopic (exact) mass is 338 g/mol. The van der Waals surface area contributed by atoms with E-state index in [0.717, 1.165) is 0 Å². The molecule has 4 unspecified atom stereocenters. The van der Waals surface area contributed by atoms with Gasteiger partial charge in [-0.1, -0.05) is 0 Å². The maximum absolute atomic E-state index is 10.0. The second-order valence-corrected chi connectivity index (χ2v) is 7.17. The molecular weight excluding hydrogens is 306 g/mol. The van der Waals surface area contributed by atoms with E-state index in [4.69, 9.17) is 9.84 Å². The second-order valence-electron chi connectivity index (χ2n) is 7.17. The van der Waals surface area contributed by atoms with Gasteiger partial charge in [0.25, 0.3) is 0 Å². The van der Waals surface area contributed by atoms with Gasteiger partial charge in [-0.05, 0) is 0 Å². The van der Waals surface area contributed by atoms with Crippen molar-refractivity contribution in [1.82, 2.24) is 0 Å². The number of hydrogen-bond donors (Lipinski definition) is 6. The number of nitrogens with zero attached hydrogens (tertiary/aromatic N) is 1. The number of quaternary nitrogens is 1. The van der Waals surface area contributed by atoms with Crippen LogP contribution in [0.3, 0.4) is 0 Å². The van der Waals surface area contributed by atoms with Gasteiger partial charge in [0.2, 0.25) is 0 Å². The van der Waals surface area contributed by atoms with Crippen LogP contribution in [0.25, 0.3) is 0 Å². The van der Waals surface area contributed by atoms with Gasteiger partial charge in [0.05, 0.1) is 58.8 Å². The zero-order valence-corrected chi connectivity index (χ0v) is 14.0. The third kappa shape index (κ3) is 5.91. The van der Waals surface area contributed by atoms with Crippen LogP contribution in [-0.2, 0) is 4.74 Å². The summed E-state index contributed by atoms with van der Waals surface area (Å²) < 4.78 is 5.52. The summed E-state index contributed by atoms with van der Waals surface area (Å²) in [5, 5.41) is 57.5. The molecule has 0 aromatic carbocycles. The molecule has 1 aliphatic heterocycles. The molecule has 0 aromatic rings. The summed E-state index contributed by atoms with van der Waals surface area (Å²) in [5.74, 6) is 0. The highest BCUT2D eigenvalue weighted by Gasteiger charge is 2.51. The van der Waals surface area contributed by atoms with Crippen molar-refractivity contribution in [2.45, 2.75) is 49.2 Å². The summed E-state index contributed by atoms with van der Waals surface area (Å²) in [6.45, 7) is -0.410. The minimum Gasteiger partial charge on any atom is -0.394 e. The summed E-state index contributed by atoms with van der Waals surface area (Å²) in [7, 11) is 3.69. The van der Waals surface area contributed by atoms with E-state index >= 15 is 0 Å². The molecule has 0 bridgehead atoms. The standard InChI is InChI=1S/C15H32NO7/c1-16(2,6-13(22)9-19)15(3-11(20)7-17,4-12(21)8-18)5-14-10-23-14/h11-14,17-22H,3-10H2,1-2H3/q+1. The molecule has 1 saturated heterocycles. The van der Waals surface area contributed by atoms with Gasteiger partial charge in [0, 0.05) is 19.3 Å². The lowest BCUT2D eigenvalue weighted by molar-refractivity contribution is -0.947. The predicted octanol–water partition coefficient (Wildman–Crippen LogP) is -2.57. The summed E-state index contributed by atoms with van der Waals surface area (Å²) in [4.78, 5) is 0. The number of likely N-dealkylation sites (N-methyl/N-ethyl adjacent to an activating group) is 1. The van der Waals surface area contributed by atoms with Crippen LogP contribution in [0.1, 0.15) is 19.3 Å². The van der Waals surface area contributed by atoms with Crippen molar-refractivity contribution in [2.75, 3.05) is 47.1 Å². The number of aliphatic hydroxyl groups is 6. The zero-order chi connectivity index (χ0) is 17.7. The van der Waals surface area contributed by atoms with E-state index in [1.807, 2.05) is 14.1 Å². The van der Waals surface area contributed by atoms with Crippen molar-refractivity contribution in [3.8, 4) is 0 Å². The largest absolute Gasteiger partial charge is 0.394 e. The summed E-state index contributed by atoms with van der Waals surface area (Å²) in [6, 6.07) is 0. The van der Waals surface area contributed by atoms with E-state index in [1.165, 1.54) is 0 Å². The van der Waals surface area contributed by atoms with Crippen LogP contribution in [0.5, 0.6) is 0 Å². The van der Waals surface area contributed by atoms with E-state index in [0.29, 0.717) is 13.0 Å². The number of rotatable bonds is 12. The molecule has 6 N–H and O–H groups in total. The van der Waals surface area contributed by atoms with Crippen LogP contribution >= 0.6 is 0 Å². The van der Waals surface area contributed by atoms with Gasteiger partial charge in [-0.15, -0.1) is 0 Å². The van der Waals surface area contributed by atoms with Gasteiger partial charge < -0.3 is 39.9 Å². The van der Waals surface area contributed by atoms with Gasteiger partial charge in [-0.2, -0.15) is 0 Å². The minimum absolute atomic E-state index is 0.00421. The predicted molar refractivity (Wildman–Crippen MR) is 82.6 cm³/mol. The molecule has 8 nitrogen and oxygen atoms in total. The highest BCUT2D eigenvalue weighted by atomic mass is 16.6. The molecule has 0 spiro atoms. The summed E-state index contributed by atoms with van der Waals surface area (Å²) in [5.41, 5.74) is -0.721. The normalized spacial score (nSPS) is 24.8. The van der Waals surface area contributed by atoms with Crippen LogP contribution in [0.4, 0.5) is 0 Å². The average molecular weight is 338 g/mol. The quantitative estimate of drug-likeness (QED) is 0.170. The first-order chi connectivity index (χ1) is 10.7. The Bertz CT molecular complexity index is 337. The maximum Gasteiger partial charge on any atom is 0.126 e. The lowest BCUT2D eigenvalue weighted by Crippen LogP contribution is -2.65. The average Bonchev–Trinajstić information content (AvgIpc) is 3.29. The van der Waals surface area contributed by atoms with Crippen LogP contribution in [0.15, 0.2) is 0 Å². The Hall–Kier alpha value is -0.320. The number of aliphatic hydroxyl groups excluding tert-OH is 6. The van der Waals surface area contributed by atoms with Crippen molar-refractivity contribution >= 4 is 0 Å². The molecule has 1 fully saturated rings. The highest BCUT2D eigenvalue weighted by molar-refractivity contribution is 4.92. The third-order valence-electron chi connectivity index (χ3n) is 4.82. The molecular formula is C15H32NO7+. The van der Waals surface area contributed by atoms with Gasteiger partial charge in [-0.25, -0.2) is 0 Å². The van der Waals surface area contributed by atoms with E-state index in [1.54, 1.807) is 0 Å². The lowest BCUT2D eigenvalue weighted by Gasteiger charge is -2.51. The first-order valence-corrected chi connectivity index (χ1v) is 8.01. The molecule has 4 atom stereocenters. The lowest BCUT2D eigenvalue weighted by atomic mass is 9.78. The second kappa shape index (κ2) is 8.68. The van der Waals surface area contributed by atoms with Gasteiger partial charge in [-0.3, -0.25) is 0 Å². The molecule has 138 valence electrons. The fraction of sp³-hybridized carbons (Fsp3) is 1.00. The van der Waals surface area contributed by atoms with Gasteiger partial charge in [0.15, 0.2) is 0 Å². The van der Waals surface area contributed by atoms with Crippen LogP contribution in [-0.4, -0.2) is 112 Å². The fourth-order valence-corrected chi connectivity index (χ4v) is 3.39. The molecule has 0 aromatic heterocycles. The smallest absolute Gasteiger partial charge is 0.126 e. The van der Waals surface area contributed by atoms with Crippen molar-refractivity contribution in [2.24, 2.45) is 0 Å². The Labute approximate surface area is 137 Å². The molecule has 1 aliphatic rings. The Morgan fingerprint density at radius 1 is 0.957 bits per heavy atom. The number of hydrogen-bond acceptors (Lipinski definition) is 7. The molecule has 1 heterocycles. The fourth-order valence-electron chi connectivity index (χ4n) is 3.39.